The number of ether oxygens (including phenoxy) is 1. The number of nitrogens with two attached hydrogens (primary N) is 1. The van der Waals surface area contributed by atoms with Crippen LogP contribution in [0.5, 0.6) is 5.75 Å². The van der Waals surface area contributed by atoms with Crippen LogP contribution < -0.4 is 10.5 Å². The lowest BCUT2D eigenvalue weighted by Gasteiger charge is -2.12. The van der Waals surface area contributed by atoms with E-state index in [1.165, 1.54) is 0 Å². The van der Waals surface area contributed by atoms with Gasteiger partial charge in [0.2, 0.25) is 0 Å². The van der Waals surface area contributed by atoms with Crippen molar-refractivity contribution in [2.75, 3.05) is 0 Å². The van der Waals surface area contributed by atoms with E-state index in [2.05, 4.69) is 12.1 Å². The molecule has 0 bridgehead atoms. The molecule has 0 heterocycles. The highest BCUT2D eigenvalue weighted by Gasteiger charge is 2.37. The Labute approximate surface area is 118 Å². The van der Waals surface area contributed by atoms with Gasteiger partial charge in [0.25, 0.3) is 0 Å². The van der Waals surface area contributed by atoms with E-state index < -0.39 is 0 Å². The minimum Gasteiger partial charge on any atom is -0.489 e. The lowest BCUT2D eigenvalue weighted by molar-refractivity contribution is 0.303. The van der Waals surface area contributed by atoms with Crippen LogP contribution in [0.3, 0.4) is 0 Å². The number of hydrogen-bond donors (Lipinski definition) is 1. The van der Waals surface area contributed by atoms with Gasteiger partial charge in [-0.1, -0.05) is 41.9 Å². The van der Waals surface area contributed by atoms with Crippen LogP contribution in [0.4, 0.5) is 0 Å². The molecule has 3 rings (SSSR count). The Balaban J connectivity index is 1.77. The third kappa shape index (κ3) is 2.91. The Hall–Kier alpha value is -1.51. The Morgan fingerprint density at radius 3 is 2.58 bits per heavy atom. The molecule has 0 saturated heterocycles. The van der Waals surface area contributed by atoms with Gasteiger partial charge in [0.15, 0.2) is 0 Å². The van der Waals surface area contributed by atoms with E-state index in [-0.39, 0.29) is 6.04 Å². The molecule has 2 nitrogen and oxygen atoms in total. The van der Waals surface area contributed by atoms with Crippen LogP contribution >= 0.6 is 11.6 Å². The molecule has 1 fully saturated rings. The molecule has 0 spiro atoms. The SMILES string of the molecule is NC1CC1c1cc(Cl)ccc1OCc1ccccc1. The van der Waals surface area contributed by atoms with Gasteiger partial charge < -0.3 is 10.5 Å². The van der Waals surface area contributed by atoms with Crippen LogP contribution in [0.25, 0.3) is 0 Å². The van der Waals surface area contributed by atoms with Crippen molar-refractivity contribution in [3.05, 3.63) is 64.7 Å². The van der Waals surface area contributed by atoms with E-state index >= 15 is 0 Å². The highest BCUT2D eigenvalue weighted by Crippen LogP contribution is 2.44. The summed E-state index contributed by atoms with van der Waals surface area (Å²) in [5, 5.41) is 0.737. The second-order valence-electron chi connectivity index (χ2n) is 4.96. The maximum Gasteiger partial charge on any atom is 0.123 e. The maximum absolute atomic E-state index is 6.06. The first kappa shape index (κ1) is 12.5. The monoisotopic (exact) mass is 273 g/mol. The van der Waals surface area contributed by atoms with Gasteiger partial charge in [0.05, 0.1) is 0 Å². The quantitative estimate of drug-likeness (QED) is 0.921. The molecule has 19 heavy (non-hydrogen) atoms. The highest BCUT2D eigenvalue weighted by molar-refractivity contribution is 6.30. The average molecular weight is 274 g/mol. The van der Waals surface area contributed by atoms with Gasteiger partial charge in [-0.2, -0.15) is 0 Å². The van der Waals surface area contributed by atoms with E-state index in [0.717, 1.165) is 28.3 Å². The molecule has 0 amide bonds. The first-order chi connectivity index (χ1) is 9.24. The van der Waals surface area contributed by atoms with Gasteiger partial charge >= 0.3 is 0 Å². The van der Waals surface area contributed by atoms with Crippen LogP contribution in [0.15, 0.2) is 48.5 Å². The van der Waals surface area contributed by atoms with E-state index in [1.54, 1.807) is 0 Å². The summed E-state index contributed by atoms with van der Waals surface area (Å²) in [5.41, 5.74) is 8.22. The third-order valence-electron chi connectivity index (χ3n) is 3.45. The first-order valence-electron chi connectivity index (χ1n) is 6.46. The fourth-order valence-corrected chi connectivity index (χ4v) is 2.43. The number of benzene rings is 2. The average Bonchev–Trinajstić information content (AvgIpc) is 3.15. The molecule has 2 atom stereocenters. The summed E-state index contributed by atoms with van der Waals surface area (Å²) in [6.45, 7) is 0.567. The molecule has 2 unspecified atom stereocenters. The fourth-order valence-electron chi connectivity index (χ4n) is 2.25. The zero-order valence-corrected chi connectivity index (χ0v) is 11.3. The minimum absolute atomic E-state index is 0.248. The van der Waals surface area contributed by atoms with Crippen molar-refractivity contribution in [2.45, 2.75) is 25.0 Å². The molecule has 0 aromatic heterocycles. The Morgan fingerprint density at radius 1 is 1.16 bits per heavy atom. The number of hydrogen-bond acceptors (Lipinski definition) is 2. The van der Waals surface area contributed by atoms with Crippen LogP contribution in [-0.4, -0.2) is 6.04 Å². The van der Waals surface area contributed by atoms with Gasteiger partial charge in [-0.05, 0) is 30.2 Å². The van der Waals surface area contributed by atoms with Crippen molar-refractivity contribution < 1.29 is 4.74 Å². The van der Waals surface area contributed by atoms with Crippen molar-refractivity contribution >= 4 is 11.6 Å². The molecular formula is C16H16ClNO. The molecular weight excluding hydrogens is 258 g/mol. The first-order valence-corrected chi connectivity index (χ1v) is 6.83. The molecule has 1 aliphatic carbocycles. The Morgan fingerprint density at radius 2 is 1.89 bits per heavy atom. The lowest BCUT2D eigenvalue weighted by atomic mass is 10.1. The highest BCUT2D eigenvalue weighted by atomic mass is 35.5. The molecule has 2 N–H and O–H groups in total. The van der Waals surface area contributed by atoms with E-state index in [9.17, 15) is 0 Å². The Bertz CT molecular complexity index is 570. The van der Waals surface area contributed by atoms with Crippen molar-refractivity contribution in [1.29, 1.82) is 0 Å². The number of halogens is 1. The third-order valence-corrected chi connectivity index (χ3v) is 3.68. The summed E-state index contributed by atoms with van der Waals surface area (Å²) in [6.07, 6.45) is 1.02. The molecule has 1 saturated carbocycles. The molecule has 2 aromatic carbocycles. The van der Waals surface area contributed by atoms with Gasteiger partial charge in [0.1, 0.15) is 12.4 Å². The Kier molecular flexibility index (Phi) is 3.45. The molecule has 0 aliphatic heterocycles. The number of rotatable bonds is 4. The van der Waals surface area contributed by atoms with Gasteiger partial charge in [-0.15, -0.1) is 0 Å². The van der Waals surface area contributed by atoms with Crippen LogP contribution in [0.2, 0.25) is 5.02 Å². The predicted octanol–water partition coefficient (Wildman–Crippen LogP) is 3.73. The zero-order chi connectivity index (χ0) is 13.2. The normalized spacial score (nSPS) is 21.2. The minimum atomic E-state index is 0.248. The summed E-state index contributed by atoms with van der Waals surface area (Å²) in [6, 6.07) is 16.1. The van der Waals surface area contributed by atoms with E-state index in [4.69, 9.17) is 22.1 Å². The van der Waals surface area contributed by atoms with Crippen LogP contribution in [0, 0.1) is 0 Å². The van der Waals surface area contributed by atoms with Crippen molar-refractivity contribution in [3.63, 3.8) is 0 Å². The summed E-state index contributed by atoms with van der Waals surface area (Å²) >= 11 is 6.06. The molecule has 0 radical (unpaired) electrons. The molecule has 1 aliphatic rings. The predicted molar refractivity (Wildman–Crippen MR) is 77.6 cm³/mol. The smallest absolute Gasteiger partial charge is 0.123 e. The summed E-state index contributed by atoms with van der Waals surface area (Å²) in [4.78, 5) is 0. The largest absolute Gasteiger partial charge is 0.489 e. The van der Waals surface area contributed by atoms with E-state index in [1.807, 2.05) is 36.4 Å². The molecule has 98 valence electrons. The van der Waals surface area contributed by atoms with Crippen LogP contribution in [0.1, 0.15) is 23.5 Å². The standard InChI is InChI=1S/C16H16ClNO/c17-12-6-7-16(14(8-12)13-9-15(13)18)19-10-11-4-2-1-3-5-11/h1-8,13,15H,9-10,18H2. The summed E-state index contributed by atoms with van der Waals surface area (Å²) in [7, 11) is 0. The molecule has 3 heteroatoms. The topological polar surface area (TPSA) is 35.2 Å². The van der Waals surface area contributed by atoms with E-state index in [0.29, 0.717) is 12.5 Å². The fraction of sp³-hybridized carbons (Fsp3) is 0.250. The van der Waals surface area contributed by atoms with Gasteiger partial charge in [-0.3, -0.25) is 0 Å². The van der Waals surface area contributed by atoms with Crippen molar-refractivity contribution in [1.82, 2.24) is 0 Å². The zero-order valence-electron chi connectivity index (χ0n) is 10.6. The molecule has 2 aromatic rings. The second-order valence-corrected chi connectivity index (χ2v) is 5.40. The maximum atomic E-state index is 6.06. The second kappa shape index (κ2) is 5.24. The van der Waals surface area contributed by atoms with Crippen molar-refractivity contribution in [2.24, 2.45) is 5.73 Å². The van der Waals surface area contributed by atoms with Crippen LogP contribution in [-0.2, 0) is 6.61 Å². The van der Waals surface area contributed by atoms with Gasteiger partial charge in [0, 0.05) is 22.5 Å². The van der Waals surface area contributed by atoms with Gasteiger partial charge in [-0.25, -0.2) is 0 Å². The van der Waals surface area contributed by atoms with Crippen molar-refractivity contribution in [3.8, 4) is 5.75 Å². The lowest BCUT2D eigenvalue weighted by Crippen LogP contribution is -2.03. The summed E-state index contributed by atoms with van der Waals surface area (Å²) in [5.74, 6) is 1.29. The summed E-state index contributed by atoms with van der Waals surface area (Å²) < 4.78 is 5.91.